The predicted molar refractivity (Wildman–Crippen MR) is 76.4 cm³/mol. The van der Waals surface area contributed by atoms with E-state index in [1.54, 1.807) is 0 Å². The second-order valence-electron chi connectivity index (χ2n) is 4.95. The fourth-order valence-electron chi connectivity index (χ4n) is 2.55. The second kappa shape index (κ2) is 6.03. The van der Waals surface area contributed by atoms with E-state index in [4.69, 9.17) is 4.98 Å². The minimum atomic E-state index is 0.906. The summed E-state index contributed by atoms with van der Waals surface area (Å²) in [6.07, 6.45) is 6.15. The first-order chi connectivity index (χ1) is 8.76. The molecule has 4 nitrogen and oxygen atoms in total. The van der Waals surface area contributed by atoms with Crippen LogP contribution in [0.2, 0.25) is 0 Å². The van der Waals surface area contributed by atoms with Crippen LogP contribution in [-0.4, -0.2) is 30.1 Å². The van der Waals surface area contributed by atoms with E-state index >= 15 is 0 Å². The Kier molecular flexibility index (Phi) is 4.39. The number of hydrogen-bond acceptors (Lipinski definition) is 4. The van der Waals surface area contributed by atoms with Gasteiger partial charge in [0.15, 0.2) is 0 Å². The minimum Gasteiger partial charge on any atom is -0.373 e. The number of hydrogen-bond donors (Lipinski definition) is 1. The standard InChI is InChI=1S/C14H24N4/c1-4-12-11(2)13(15-3)17-14(16-12)18-9-7-5-6-8-10-18/h4-10H2,1-3H3,(H,15,16,17). The summed E-state index contributed by atoms with van der Waals surface area (Å²) in [6.45, 7) is 6.43. The molecule has 1 N–H and O–H groups in total. The van der Waals surface area contributed by atoms with E-state index in [9.17, 15) is 0 Å². The Labute approximate surface area is 110 Å². The number of aryl methyl sites for hydroxylation is 1. The van der Waals surface area contributed by atoms with E-state index in [1.165, 1.54) is 31.2 Å². The lowest BCUT2D eigenvalue weighted by atomic mass is 10.2. The lowest BCUT2D eigenvalue weighted by molar-refractivity contribution is 0.726. The van der Waals surface area contributed by atoms with Crippen LogP contribution in [0.5, 0.6) is 0 Å². The Bertz CT molecular complexity index is 370. The molecule has 0 amide bonds. The molecule has 1 aliphatic rings. The fraction of sp³-hybridized carbons (Fsp3) is 0.714. The zero-order chi connectivity index (χ0) is 13.0. The van der Waals surface area contributed by atoms with Crippen molar-refractivity contribution in [1.82, 2.24) is 9.97 Å². The van der Waals surface area contributed by atoms with Gasteiger partial charge in [0.2, 0.25) is 5.95 Å². The molecule has 1 aromatic rings. The van der Waals surface area contributed by atoms with E-state index in [1.807, 2.05) is 7.05 Å². The quantitative estimate of drug-likeness (QED) is 0.893. The summed E-state index contributed by atoms with van der Waals surface area (Å²) in [5, 5.41) is 3.19. The largest absolute Gasteiger partial charge is 0.373 e. The Morgan fingerprint density at radius 2 is 1.78 bits per heavy atom. The van der Waals surface area contributed by atoms with E-state index in [0.717, 1.165) is 37.0 Å². The van der Waals surface area contributed by atoms with Gasteiger partial charge in [-0.15, -0.1) is 0 Å². The summed E-state index contributed by atoms with van der Waals surface area (Å²) in [5.41, 5.74) is 2.34. The van der Waals surface area contributed by atoms with Crippen molar-refractivity contribution in [1.29, 1.82) is 0 Å². The van der Waals surface area contributed by atoms with Crippen molar-refractivity contribution >= 4 is 11.8 Å². The van der Waals surface area contributed by atoms with E-state index in [2.05, 4.69) is 29.0 Å². The van der Waals surface area contributed by atoms with Gasteiger partial charge >= 0.3 is 0 Å². The lowest BCUT2D eigenvalue weighted by Gasteiger charge is -2.22. The van der Waals surface area contributed by atoms with Crippen LogP contribution in [0, 0.1) is 6.92 Å². The summed E-state index contributed by atoms with van der Waals surface area (Å²) in [6, 6.07) is 0. The smallest absolute Gasteiger partial charge is 0.227 e. The first kappa shape index (κ1) is 13.1. The van der Waals surface area contributed by atoms with Gasteiger partial charge in [-0.1, -0.05) is 19.8 Å². The van der Waals surface area contributed by atoms with E-state index < -0.39 is 0 Å². The average molecular weight is 248 g/mol. The summed E-state index contributed by atoms with van der Waals surface area (Å²) in [7, 11) is 1.93. The van der Waals surface area contributed by atoms with Crippen molar-refractivity contribution in [3.63, 3.8) is 0 Å². The molecule has 0 unspecified atom stereocenters. The first-order valence-corrected chi connectivity index (χ1v) is 7.06. The number of nitrogens with one attached hydrogen (secondary N) is 1. The van der Waals surface area contributed by atoms with Crippen molar-refractivity contribution in [2.24, 2.45) is 0 Å². The molecule has 4 heteroatoms. The van der Waals surface area contributed by atoms with Crippen molar-refractivity contribution in [3.05, 3.63) is 11.3 Å². The maximum absolute atomic E-state index is 4.74. The van der Waals surface area contributed by atoms with Crippen LogP contribution in [0.15, 0.2) is 0 Å². The monoisotopic (exact) mass is 248 g/mol. The third-order valence-corrected chi connectivity index (χ3v) is 3.70. The van der Waals surface area contributed by atoms with Gasteiger partial charge in [0.05, 0.1) is 5.69 Å². The van der Waals surface area contributed by atoms with E-state index in [-0.39, 0.29) is 0 Å². The molecule has 0 aliphatic carbocycles. The minimum absolute atomic E-state index is 0.906. The zero-order valence-electron chi connectivity index (χ0n) is 11.8. The zero-order valence-corrected chi connectivity index (χ0v) is 11.8. The number of rotatable bonds is 3. The van der Waals surface area contributed by atoms with Gasteiger partial charge in [-0.25, -0.2) is 4.98 Å². The van der Waals surface area contributed by atoms with Crippen molar-refractivity contribution in [2.45, 2.75) is 46.0 Å². The van der Waals surface area contributed by atoms with Crippen LogP contribution in [0.25, 0.3) is 0 Å². The molecule has 2 rings (SSSR count). The van der Waals surface area contributed by atoms with Crippen molar-refractivity contribution in [3.8, 4) is 0 Å². The molecule has 100 valence electrons. The third-order valence-electron chi connectivity index (χ3n) is 3.70. The highest BCUT2D eigenvalue weighted by atomic mass is 15.3. The molecule has 1 saturated heterocycles. The van der Waals surface area contributed by atoms with Crippen LogP contribution in [-0.2, 0) is 6.42 Å². The van der Waals surface area contributed by atoms with Gasteiger partial charge in [-0.2, -0.15) is 4.98 Å². The third kappa shape index (κ3) is 2.74. The van der Waals surface area contributed by atoms with Gasteiger partial charge in [-0.3, -0.25) is 0 Å². The molecular formula is C14H24N4. The maximum Gasteiger partial charge on any atom is 0.227 e. The van der Waals surface area contributed by atoms with Crippen molar-refractivity contribution in [2.75, 3.05) is 30.4 Å². The summed E-state index contributed by atoms with van der Waals surface area (Å²) < 4.78 is 0. The molecule has 0 atom stereocenters. The van der Waals surface area contributed by atoms with Gasteiger partial charge in [0.25, 0.3) is 0 Å². The highest BCUT2D eigenvalue weighted by molar-refractivity contribution is 5.50. The summed E-state index contributed by atoms with van der Waals surface area (Å²) in [5.74, 6) is 1.88. The normalized spacial score (nSPS) is 16.5. The maximum atomic E-state index is 4.74. The summed E-state index contributed by atoms with van der Waals surface area (Å²) in [4.78, 5) is 11.7. The fourth-order valence-corrected chi connectivity index (χ4v) is 2.55. The number of anilines is 2. The first-order valence-electron chi connectivity index (χ1n) is 7.06. The van der Waals surface area contributed by atoms with Gasteiger partial charge < -0.3 is 10.2 Å². The molecule has 18 heavy (non-hydrogen) atoms. The molecule has 2 heterocycles. The Morgan fingerprint density at radius 3 is 2.33 bits per heavy atom. The molecule has 0 radical (unpaired) electrons. The molecular weight excluding hydrogens is 224 g/mol. The van der Waals surface area contributed by atoms with Crippen LogP contribution < -0.4 is 10.2 Å². The molecule has 0 aromatic carbocycles. The van der Waals surface area contributed by atoms with Gasteiger partial charge in [0, 0.05) is 25.7 Å². The van der Waals surface area contributed by atoms with Gasteiger partial charge in [0.1, 0.15) is 5.82 Å². The molecule has 1 aliphatic heterocycles. The average Bonchev–Trinajstić information content (AvgIpc) is 2.68. The molecule has 0 spiro atoms. The number of nitrogens with zero attached hydrogens (tertiary/aromatic N) is 3. The Hall–Kier alpha value is -1.32. The second-order valence-corrected chi connectivity index (χ2v) is 4.95. The van der Waals surface area contributed by atoms with Crippen LogP contribution >= 0.6 is 0 Å². The Balaban J connectivity index is 2.31. The predicted octanol–water partition coefficient (Wildman–Crippen LogP) is 2.77. The Morgan fingerprint density at radius 1 is 1.11 bits per heavy atom. The van der Waals surface area contributed by atoms with Crippen LogP contribution in [0.1, 0.15) is 43.9 Å². The topological polar surface area (TPSA) is 41.1 Å². The molecule has 0 saturated carbocycles. The van der Waals surface area contributed by atoms with Gasteiger partial charge in [-0.05, 0) is 26.2 Å². The van der Waals surface area contributed by atoms with E-state index in [0.29, 0.717) is 0 Å². The summed E-state index contributed by atoms with van der Waals surface area (Å²) >= 11 is 0. The number of aromatic nitrogens is 2. The van der Waals surface area contributed by atoms with Crippen molar-refractivity contribution < 1.29 is 0 Å². The highest BCUT2D eigenvalue weighted by Crippen LogP contribution is 2.22. The molecule has 1 fully saturated rings. The highest BCUT2D eigenvalue weighted by Gasteiger charge is 2.15. The van der Waals surface area contributed by atoms with Crippen LogP contribution in [0.4, 0.5) is 11.8 Å². The van der Waals surface area contributed by atoms with Crippen LogP contribution in [0.3, 0.4) is 0 Å². The molecule has 0 bridgehead atoms. The SMILES string of the molecule is CCc1nc(N2CCCCCC2)nc(NC)c1C. The molecule has 1 aromatic heterocycles. The lowest BCUT2D eigenvalue weighted by Crippen LogP contribution is -2.27.